The predicted molar refractivity (Wildman–Crippen MR) is 185 cm³/mol. The number of hydrogen-bond acceptors (Lipinski definition) is 8. The Morgan fingerprint density at radius 3 is 2.16 bits per heavy atom. The van der Waals surface area contributed by atoms with Crippen molar-refractivity contribution in [2.75, 3.05) is 19.3 Å². The summed E-state index contributed by atoms with van der Waals surface area (Å²) in [7, 11) is -4.07. The molecule has 1 aliphatic carbocycles. The van der Waals surface area contributed by atoms with Crippen molar-refractivity contribution in [3.63, 3.8) is 0 Å². The van der Waals surface area contributed by atoms with Crippen LogP contribution >= 0.6 is 0 Å². The quantitative estimate of drug-likeness (QED) is 0.253. The molecule has 284 valence electrons. The summed E-state index contributed by atoms with van der Waals surface area (Å²) in [4.78, 5) is 42.8. The highest BCUT2D eigenvalue weighted by atomic mass is 32.2. The van der Waals surface area contributed by atoms with Crippen molar-refractivity contribution >= 4 is 27.6 Å². The Morgan fingerprint density at radius 2 is 1.59 bits per heavy atom. The Hall–Kier alpha value is -3.43. The molecule has 1 saturated carbocycles. The van der Waals surface area contributed by atoms with E-state index < -0.39 is 73.9 Å². The summed E-state index contributed by atoms with van der Waals surface area (Å²) >= 11 is 0. The Morgan fingerprint density at radius 1 is 0.961 bits per heavy atom. The van der Waals surface area contributed by atoms with Gasteiger partial charge in [-0.3, -0.25) is 19.3 Å². The number of rotatable bonds is 12. The third-order valence-corrected chi connectivity index (χ3v) is 12.3. The van der Waals surface area contributed by atoms with Crippen molar-refractivity contribution in [2.45, 2.75) is 114 Å². The number of nitrogens with zero attached hydrogens (tertiary/aromatic N) is 1. The lowest BCUT2D eigenvalue weighted by atomic mass is 9.72. The summed E-state index contributed by atoms with van der Waals surface area (Å²) in [6.45, 7) is 8.72. The standard InChI is InChI=1S/C36H51F3N4O7S/c1-34(2,3)42-31(45)26-19-23-14-10-11-15-24(23)20-43(26)21-27(44)25(18-22-12-8-7-9-13-22)40-33(47)30(35(4,5)51(6,48)49)41-32(46)28-16-17-29(50-28)36(37,38)39/h7-9,12-13,16-17,23-27,30,44H,10-11,14-15,18-21H2,1-6H3,(H,40,47)(H,41,46)(H,42,45). The number of sulfone groups is 1. The zero-order valence-electron chi connectivity index (χ0n) is 30.0. The number of likely N-dealkylation sites (tertiary alicyclic amines) is 1. The van der Waals surface area contributed by atoms with E-state index in [4.69, 9.17) is 0 Å². The first-order valence-electron chi connectivity index (χ1n) is 17.3. The van der Waals surface area contributed by atoms with Gasteiger partial charge < -0.3 is 25.5 Å². The maximum atomic E-state index is 14.1. The first-order chi connectivity index (χ1) is 23.6. The Bertz CT molecular complexity index is 1640. The number of alkyl halides is 3. The van der Waals surface area contributed by atoms with Crippen LogP contribution < -0.4 is 16.0 Å². The first-order valence-corrected chi connectivity index (χ1v) is 19.2. The van der Waals surface area contributed by atoms with E-state index in [0.29, 0.717) is 30.9 Å². The number of hydrogen-bond donors (Lipinski definition) is 4. The lowest BCUT2D eigenvalue weighted by Crippen LogP contribution is -2.64. The summed E-state index contributed by atoms with van der Waals surface area (Å²) < 4.78 is 68.1. The van der Waals surface area contributed by atoms with Crippen LogP contribution in [-0.2, 0) is 32.0 Å². The minimum absolute atomic E-state index is 0.0162. The molecule has 4 rings (SSSR count). The molecule has 2 aromatic rings. The third-order valence-electron chi connectivity index (χ3n) is 10.1. The van der Waals surface area contributed by atoms with Crippen LogP contribution in [0.3, 0.4) is 0 Å². The summed E-state index contributed by atoms with van der Waals surface area (Å²) in [5.74, 6) is -3.83. The SMILES string of the molecule is CC(C)(C)NC(=O)C1CC2CCCCC2CN1CC(O)C(Cc1ccccc1)NC(=O)C(NC(=O)c1ccc(C(F)(F)F)o1)C(C)(C)S(C)(=O)=O. The molecule has 6 unspecified atom stereocenters. The molecule has 2 fully saturated rings. The molecule has 1 aliphatic heterocycles. The highest BCUT2D eigenvalue weighted by molar-refractivity contribution is 7.92. The molecular formula is C36H51F3N4O7S. The van der Waals surface area contributed by atoms with Crippen molar-refractivity contribution in [3.05, 3.63) is 59.5 Å². The van der Waals surface area contributed by atoms with Gasteiger partial charge in [-0.25, -0.2) is 8.42 Å². The van der Waals surface area contributed by atoms with E-state index in [9.17, 15) is 41.1 Å². The molecule has 51 heavy (non-hydrogen) atoms. The molecule has 6 atom stereocenters. The van der Waals surface area contributed by atoms with E-state index in [-0.39, 0.29) is 18.9 Å². The number of β-amino-alcohol motifs (C(OH)–C–C–N with tert-alkyl or cyclic N) is 1. The number of amides is 3. The number of halogens is 3. The molecule has 0 radical (unpaired) electrons. The van der Waals surface area contributed by atoms with E-state index in [1.165, 1.54) is 13.8 Å². The van der Waals surface area contributed by atoms with E-state index in [1.54, 1.807) is 30.3 Å². The second-order valence-electron chi connectivity index (χ2n) is 15.6. The van der Waals surface area contributed by atoms with Crippen molar-refractivity contribution in [3.8, 4) is 0 Å². The lowest BCUT2D eigenvalue weighted by molar-refractivity contribution is -0.153. The molecule has 1 saturated heterocycles. The fourth-order valence-electron chi connectivity index (χ4n) is 7.00. The van der Waals surface area contributed by atoms with Crippen LogP contribution in [0.5, 0.6) is 0 Å². The second-order valence-corrected chi connectivity index (χ2v) is 18.2. The van der Waals surface area contributed by atoms with Gasteiger partial charge in [0.15, 0.2) is 15.6 Å². The fraction of sp³-hybridized carbons (Fsp3) is 0.639. The summed E-state index contributed by atoms with van der Waals surface area (Å²) in [5.41, 5.74) is 0.262. The molecule has 15 heteroatoms. The minimum atomic E-state index is -4.87. The average molecular weight is 741 g/mol. The molecule has 0 bridgehead atoms. The summed E-state index contributed by atoms with van der Waals surface area (Å²) in [6.07, 6.45) is -0.272. The highest BCUT2D eigenvalue weighted by Crippen LogP contribution is 2.39. The zero-order valence-corrected chi connectivity index (χ0v) is 30.9. The van der Waals surface area contributed by atoms with E-state index in [2.05, 4.69) is 20.4 Å². The van der Waals surface area contributed by atoms with Gasteiger partial charge in [-0.05, 0) is 83.4 Å². The molecule has 2 aliphatic rings. The van der Waals surface area contributed by atoms with Gasteiger partial charge in [0, 0.05) is 24.9 Å². The van der Waals surface area contributed by atoms with Gasteiger partial charge in [-0.1, -0.05) is 49.6 Å². The van der Waals surface area contributed by atoms with Gasteiger partial charge in [-0.2, -0.15) is 13.2 Å². The van der Waals surface area contributed by atoms with Crippen LogP contribution in [0.1, 0.15) is 88.6 Å². The number of aliphatic hydroxyl groups excluding tert-OH is 1. The van der Waals surface area contributed by atoms with Crippen LogP contribution in [0, 0.1) is 11.8 Å². The van der Waals surface area contributed by atoms with Crippen LogP contribution in [0.4, 0.5) is 13.2 Å². The Balaban J connectivity index is 1.63. The zero-order chi connectivity index (χ0) is 37.9. The summed E-state index contributed by atoms with van der Waals surface area (Å²) in [6, 6.07) is 6.97. The minimum Gasteiger partial charge on any atom is -0.446 e. The fourth-order valence-corrected chi connectivity index (χ4v) is 7.59. The lowest BCUT2D eigenvalue weighted by Gasteiger charge is -2.47. The Kier molecular flexibility index (Phi) is 12.4. The number of piperidine rings is 1. The van der Waals surface area contributed by atoms with Crippen LogP contribution in [0.15, 0.2) is 46.9 Å². The van der Waals surface area contributed by atoms with Gasteiger partial charge in [0.2, 0.25) is 17.6 Å². The number of carbonyl (C=O) groups is 3. The highest BCUT2D eigenvalue weighted by Gasteiger charge is 2.47. The van der Waals surface area contributed by atoms with Crippen molar-refractivity contribution in [1.82, 2.24) is 20.9 Å². The number of benzene rings is 1. The van der Waals surface area contributed by atoms with E-state index in [0.717, 1.165) is 43.6 Å². The molecule has 4 N–H and O–H groups in total. The maximum Gasteiger partial charge on any atom is 0.449 e. The van der Waals surface area contributed by atoms with Gasteiger partial charge >= 0.3 is 6.18 Å². The monoisotopic (exact) mass is 740 g/mol. The van der Waals surface area contributed by atoms with Crippen LogP contribution in [0.25, 0.3) is 0 Å². The number of aliphatic hydroxyl groups is 1. The number of carbonyl (C=O) groups excluding carboxylic acids is 3. The topological polar surface area (TPSA) is 158 Å². The average Bonchev–Trinajstić information content (AvgIpc) is 3.53. The largest absolute Gasteiger partial charge is 0.449 e. The van der Waals surface area contributed by atoms with Crippen molar-refractivity contribution in [2.24, 2.45) is 11.8 Å². The van der Waals surface area contributed by atoms with Crippen LogP contribution in [-0.4, -0.2) is 90.0 Å². The number of fused-ring (bicyclic) bond motifs is 1. The maximum absolute atomic E-state index is 14.1. The predicted octanol–water partition coefficient (Wildman–Crippen LogP) is 4.10. The Labute approximate surface area is 298 Å². The van der Waals surface area contributed by atoms with Gasteiger partial charge in [0.05, 0.1) is 22.9 Å². The smallest absolute Gasteiger partial charge is 0.446 e. The van der Waals surface area contributed by atoms with Gasteiger partial charge in [0.1, 0.15) is 6.04 Å². The number of furan rings is 1. The third kappa shape index (κ3) is 10.3. The van der Waals surface area contributed by atoms with Crippen LogP contribution in [0.2, 0.25) is 0 Å². The second kappa shape index (κ2) is 15.7. The van der Waals surface area contributed by atoms with Crippen molar-refractivity contribution < 1.29 is 45.5 Å². The molecule has 11 nitrogen and oxygen atoms in total. The number of nitrogens with one attached hydrogen (secondary N) is 3. The molecule has 2 heterocycles. The molecular weight excluding hydrogens is 689 g/mol. The molecule has 1 aromatic carbocycles. The van der Waals surface area contributed by atoms with E-state index >= 15 is 0 Å². The molecule has 0 spiro atoms. The molecule has 3 amide bonds. The first kappa shape index (κ1) is 40.3. The van der Waals surface area contributed by atoms with Crippen molar-refractivity contribution in [1.29, 1.82) is 0 Å². The van der Waals surface area contributed by atoms with Gasteiger partial charge in [0.25, 0.3) is 5.91 Å². The normalized spacial score (nSPS) is 22.3. The molecule has 1 aromatic heterocycles. The summed E-state index contributed by atoms with van der Waals surface area (Å²) in [5, 5.41) is 20.0. The van der Waals surface area contributed by atoms with Gasteiger partial charge in [-0.15, -0.1) is 0 Å². The van der Waals surface area contributed by atoms with E-state index in [1.807, 2.05) is 25.7 Å².